The Balaban J connectivity index is 1.72. The molecule has 1 aromatic carbocycles. The van der Waals surface area contributed by atoms with Crippen LogP contribution in [0, 0.1) is 0 Å². The summed E-state index contributed by atoms with van der Waals surface area (Å²) in [5, 5.41) is 22.3. The number of benzene rings is 1. The van der Waals surface area contributed by atoms with Gasteiger partial charge in [-0.2, -0.15) is 0 Å². The lowest BCUT2D eigenvalue weighted by Gasteiger charge is -2.34. The van der Waals surface area contributed by atoms with E-state index in [1.165, 1.54) is 12.8 Å². The van der Waals surface area contributed by atoms with Crippen molar-refractivity contribution < 1.29 is 9.84 Å². The number of phenols is 1. The third kappa shape index (κ3) is 3.01. The summed E-state index contributed by atoms with van der Waals surface area (Å²) in [6.07, 6.45) is 4.77. The van der Waals surface area contributed by atoms with E-state index in [0.29, 0.717) is 6.04 Å². The fraction of sp³-hybridized carbons (Fsp3) is 0.588. The standard InChI is InChI=1S/C17H23N5O2/c23-15-7-5-13(6-8-15)16(21-9-11-24-12-10-21)17-18-19-20-22(17)14-3-1-2-4-14/h5-8,14,16,23H,1-4,9-12H2/t16-/m1/s1. The van der Waals surface area contributed by atoms with E-state index in [0.717, 1.165) is 50.5 Å². The van der Waals surface area contributed by atoms with E-state index in [1.807, 2.05) is 16.8 Å². The number of morpholine rings is 1. The number of hydrogen-bond donors (Lipinski definition) is 1. The highest BCUT2D eigenvalue weighted by Crippen LogP contribution is 2.34. The van der Waals surface area contributed by atoms with Gasteiger partial charge in [-0.05, 0) is 41.0 Å². The Morgan fingerprint density at radius 3 is 2.50 bits per heavy atom. The smallest absolute Gasteiger partial charge is 0.173 e. The molecule has 1 aliphatic carbocycles. The summed E-state index contributed by atoms with van der Waals surface area (Å²) in [5.74, 6) is 1.17. The van der Waals surface area contributed by atoms with Crippen molar-refractivity contribution in [1.29, 1.82) is 0 Å². The second kappa shape index (κ2) is 6.86. The van der Waals surface area contributed by atoms with E-state index < -0.39 is 0 Å². The first-order valence-electron chi connectivity index (χ1n) is 8.71. The number of nitrogens with zero attached hydrogens (tertiary/aromatic N) is 5. The highest BCUT2D eigenvalue weighted by Gasteiger charge is 2.31. The molecule has 1 aromatic heterocycles. The zero-order chi connectivity index (χ0) is 16.4. The monoisotopic (exact) mass is 329 g/mol. The number of rotatable bonds is 4. The maximum absolute atomic E-state index is 9.63. The van der Waals surface area contributed by atoms with Gasteiger partial charge in [-0.1, -0.05) is 25.0 Å². The Bertz CT molecular complexity index is 660. The van der Waals surface area contributed by atoms with Crippen LogP contribution < -0.4 is 0 Å². The summed E-state index contributed by atoms with van der Waals surface area (Å²) in [5.41, 5.74) is 1.10. The molecule has 7 heteroatoms. The fourth-order valence-electron chi connectivity index (χ4n) is 3.80. The first-order valence-corrected chi connectivity index (χ1v) is 8.71. The topological polar surface area (TPSA) is 76.3 Å². The van der Waals surface area contributed by atoms with Crippen LogP contribution in [0.25, 0.3) is 0 Å². The third-order valence-corrected chi connectivity index (χ3v) is 5.05. The van der Waals surface area contributed by atoms with Crippen LogP contribution in [0.2, 0.25) is 0 Å². The van der Waals surface area contributed by atoms with Crippen molar-refractivity contribution in [3.8, 4) is 5.75 Å². The van der Waals surface area contributed by atoms with Gasteiger partial charge in [0, 0.05) is 13.1 Å². The van der Waals surface area contributed by atoms with Crippen LogP contribution in [0.15, 0.2) is 24.3 Å². The van der Waals surface area contributed by atoms with Crippen molar-refractivity contribution in [2.75, 3.05) is 26.3 Å². The van der Waals surface area contributed by atoms with Gasteiger partial charge < -0.3 is 9.84 Å². The number of ether oxygens (including phenoxy) is 1. The Morgan fingerprint density at radius 1 is 1.08 bits per heavy atom. The first kappa shape index (κ1) is 15.5. The van der Waals surface area contributed by atoms with Crippen LogP contribution in [0.1, 0.15) is 49.2 Å². The lowest BCUT2D eigenvalue weighted by molar-refractivity contribution is 0.0213. The molecule has 0 bridgehead atoms. The maximum Gasteiger partial charge on any atom is 0.173 e. The minimum Gasteiger partial charge on any atom is -0.508 e. The Morgan fingerprint density at radius 2 is 1.79 bits per heavy atom. The predicted molar refractivity (Wildman–Crippen MR) is 87.7 cm³/mol. The summed E-state index contributed by atoms with van der Waals surface area (Å²) >= 11 is 0. The molecule has 0 spiro atoms. The normalized spacial score (nSPS) is 21.2. The number of hydrogen-bond acceptors (Lipinski definition) is 6. The molecule has 7 nitrogen and oxygen atoms in total. The molecule has 4 rings (SSSR count). The molecule has 1 N–H and O–H groups in total. The summed E-state index contributed by atoms with van der Waals surface area (Å²) in [6, 6.07) is 7.77. The maximum atomic E-state index is 9.63. The Kier molecular flexibility index (Phi) is 4.44. The molecule has 24 heavy (non-hydrogen) atoms. The van der Waals surface area contributed by atoms with Gasteiger partial charge >= 0.3 is 0 Å². The molecule has 1 saturated heterocycles. The minimum atomic E-state index is -0.00917. The second-order valence-corrected chi connectivity index (χ2v) is 6.56. The van der Waals surface area contributed by atoms with Gasteiger partial charge in [0.25, 0.3) is 0 Å². The van der Waals surface area contributed by atoms with Gasteiger partial charge in [-0.15, -0.1) is 5.10 Å². The molecule has 128 valence electrons. The van der Waals surface area contributed by atoms with Crippen molar-refractivity contribution in [3.05, 3.63) is 35.7 Å². The van der Waals surface area contributed by atoms with Gasteiger partial charge in [0.1, 0.15) is 5.75 Å². The summed E-state index contributed by atoms with van der Waals surface area (Å²) in [6.45, 7) is 3.14. The minimum absolute atomic E-state index is 0.00917. The summed E-state index contributed by atoms with van der Waals surface area (Å²) in [4.78, 5) is 2.37. The fourth-order valence-corrected chi connectivity index (χ4v) is 3.80. The molecule has 2 aromatic rings. The van der Waals surface area contributed by atoms with Crippen molar-refractivity contribution in [2.45, 2.75) is 37.8 Å². The van der Waals surface area contributed by atoms with E-state index in [2.05, 4.69) is 20.4 Å². The van der Waals surface area contributed by atoms with Crippen LogP contribution >= 0.6 is 0 Å². The predicted octanol–water partition coefficient (Wildman–Crippen LogP) is 1.92. The van der Waals surface area contributed by atoms with Gasteiger partial charge in [0.05, 0.1) is 25.3 Å². The van der Waals surface area contributed by atoms with Crippen molar-refractivity contribution in [2.24, 2.45) is 0 Å². The van der Waals surface area contributed by atoms with E-state index in [1.54, 1.807) is 12.1 Å². The molecule has 0 unspecified atom stereocenters. The zero-order valence-electron chi connectivity index (χ0n) is 13.7. The highest BCUT2D eigenvalue weighted by atomic mass is 16.5. The Hall–Kier alpha value is -1.99. The second-order valence-electron chi connectivity index (χ2n) is 6.56. The van der Waals surface area contributed by atoms with E-state index in [-0.39, 0.29) is 11.8 Å². The summed E-state index contributed by atoms with van der Waals surface area (Å²) < 4.78 is 7.54. The Labute approximate surface area is 141 Å². The quantitative estimate of drug-likeness (QED) is 0.923. The largest absolute Gasteiger partial charge is 0.508 e. The highest BCUT2D eigenvalue weighted by molar-refractivity contribution is 5.31. The van der Waals surface area contributed by atoms with Crippen molar-refractivity contribution >= 4 is 0 Å². The van der Waals surface area contributed by atoms with Crippen molar-refractivity contribution in [3.63, 3.8) is 0 Å². The average molecular weight is 329 g/mol. The van der Waals surface area contributed by atoms with Gasteiger partial charge in [-0.3, -0.25) is 4.90 Å². The van der Waals surface area contributed by atoms with Crippen LogP contribution in [0.4, 0.5) is 0 Å². The van der Waals surface area contributed by atoms with Gasteiger partial charge in [0.2, 0.25) is 0 Å². The lowest BCUT2D eigenvalue weighted by atomic mass is 10.0. The van der Waals surface area contributed by atoms with E-state index in [9.17, 15) is 5.11 Å². The molecule has 1 aliphatic heterocycles. The molecular formula is C17H23N5O2. The SMILES string of the molecule is Oc1ccc([C@H](c2nnnn2C2CCCC2)N2CCOCC2)cc1. The molecule has 0 radical (unpaired) electrons. The molecule has 2 fully saturated rings. The van der Waals surface area contributed by atoms with E-state index >= 15 is 0 Å². The molecule has 2 heterocycles. The third-order valence-electron chi connectivity index (χ3n) is 5.05. The van der Waals surface area contributed by atoms with Crippen LogP contribution in [0.3, 0.4) is 0 Å². The van der Waals surface area contributed by atoms with E-state index in [4.69, 9.17) is 4.74 Å². The molecule has 0 amide bonds. The molecule has 1 atom stereocenters. The number of tetrazole rings is 1. The molecule has 2 aliphatic rings. The number of aromatic hydroxyl groups is 1. The van der Waals surface area contributed by atoms with Crippen molar-refractivity contribution in [1.82, 2.24) is 25.1 Å². The molecule has 1 saturated carbocycles. The average Bonchev–Trinajstić information content (AvgIpc) is 3.29. The van der Waals surface area contributed by atoms with Crippen LogP contribution in [-0.4, -0.2) is 56.5 Å². The zero-order valence-corrected chi connectivity index (χ0v) is 13.7. The number of aromatic nitrogens is 4. The summed E-state index contributed by atoms with van der Waals surface area (Å²) in [7, 11) is 0. The number of phenolic OH excluding ortho intramolecular Hbond substituents is 1. The van der Waals surface area contributed by atoms with Crippen LogP contribution in [0.5, 0.6) is 5.75 Å². The van der Waals surface area contributed by atoms with Crippen LogP contribution in [-0.2, 0) is 4.74 Å². The lowest BCUT2D eigenvalue weighted by Crippen LogP contribution is -2.40. The van der Waals surface area contributed by atoms with Gasteiger partial charge in [-0.25, -0.2) is 4.68 Å². The molecular weight excluding hydrogens is 306 g/mol. The first-order chi connectivity index (χ1) is 11.8. The van der Waals surface area contributed by atoms with Gasteiger partial charge in [0.15, 0.2) is 5.82 Å².